The van der Waals surface area contributed by atoms with E-state index in [0.29, 0.717) is 31.6 Å². The third-order valence-corrected chi connectivity index (χ3v) is 5.81. The standard InChI is InChI=1S/C24H33N3O3/c1-16(2)26(17(3)4)13-11-25-24(30)27-12-10-19-14-21(28)22(29)15-20(19)23(27)18-8-6-5-7-9-18/h5-9,14-17,23,28-29H,10-13H2,1-4H3,(H,25,30). The number of rotatable bonds is 6. The van der Waals surface area contributed by atoms with E-state index in [-0.39, 0.29) is 23.6 Å². The van der Waals surface area contributed by atoms with Gasteiger partial charge in [-0.15, -0.1) is 0 Å². The highest BCUT2D eigenvalue weighted by atomic mass is 16.3. The Kier molecular flexibility index (Phi) is 6.87. The fourth-order valence-electron chi connectivity index (χ4n) is 4.36. The Morgan fingerprint density at radius 2 is 1.73 bits per heavy atom. The second-order valence-corrected chi connectivity index (χ2v) is 8.45. The van der Waals surface area contributed by atoms with E-state index in [1.807, 2.05) is 35.2 Å². The number of nitrogens with zero attached hydrogens (tertiary/aromatic N) is 2. The highest BCUT2D eigenvalue weighted by Gasteiger charge is 2.33. The number of phenols is 2. The molecular formula is C24H33N3O3. The quantitative estimate of drug-likeness (QED) is 0.631. The fraction of sp³-hybridized carbons (Fsp3) is 0.458. The van der Waals surface area contributed by atoms with Gasteiger partial charge in [0, 0.05) is 31.7 Å². The van der Waals surface area contributed by atoms with Crippen molar-refractivity contribution in [3.05, 3.63) is 59.2 Å². The molecule has 3 N–H and O–H groups in total. The number of urea groups is 1. The lowest BCUT2D eigenvalue weighted by Gasteiger charge is -2.38. The van der Waals surface area contributed by atoms with E-state index >= 15 is 0 Å². The van der Waals surface area contributed by atoms with Crippen LogP contribution in [-0.4, -0.2) is 57.8 Å². The normalized spacial score (nSPS) is 16.2. The van der Waals surface area contributed by atoms with Gasteiger partial charge in [0.15, 0.2) is 11.5 Å². The molecule has 0 aromatic heterocycles. The minimum atomic E-state index is -0.312. The van der Waals surface area contributed by atoms with Gasteiger partial charge in [-0.25, -0.2) is 4.79 Å². The molecule has 162 valence electrons. The van der Waals surface area contributed by atoms with Gasteiger partial charge in [-0.1, -0.05) is 30.3 Å². The van der Waals surface area contributed by atoms with Crippen molar-refractivity contribution in [1.82, 2.24) is 15.1 Å². The van der Waals surface area contributed by atoms with E-state index < -0.39 is 0 Å². The van der Waals surface area contributed by atoms with Crippen LogP contribution in [0, 0.1) is 0 Å². The molecule has 1 aliphatic heterocycles. The summed E-state index contributed by atoms with van der Waals surface area (Å²) in [5.74, 6) is -0.289. The van der Waals surface area contributed by atoms with Crippen molar-refractivity contribution >= 4 is 6.03 Å². The summed E-state index contributed by atoms with van der Waals surface area (Å²) in [5, 5.41) is 23.1. The molecule has 0 spiro atoms. The van der Waals surface area contributed by atoms with Crippen LogP contribution >= 0.6 is 0 Å². The lowest BCUT2D eigenvalue weighted by molar-refractivity contribution is 0.162. The number of fused-ring (bicyclic) bond motifs is 1. The number of benzene rings is 2. The first-order valence-electron chi connectivity index (χ1n) is 10.7. The zero-order valence-electron chi connectivity index (χ0n) is 18.3. The maximum Gasteiger partial charge on any atom is 0.318 e. The van der Waals surface area contributed by atoms with Crippen LogP contribution in [-0.2, 0) is 6.42 Å². The van der Waals surface area contributed by atoms with Crippen molar-refractivity contribution in [2.24, 2.45) is 0 Å². The monoisotopic (exact) mass is 411 g/mol. The zero-order chi connectivity index (χ0) is 21.8. The van der Waals surface area contributed by atoms with Crippen LogP contribution in [0.25, 0.3) is 0 Å². The summed E-state index contributed by atoms with van der Waals surface area (Å²) in [6.07, 6.45) is 0.629. The van der Waals surface area contributed by atoms with Crippen molar-refractivity contribution < 1.29 is 15.0 Å². The molecule has 2 aromatic carbocycles. The van der Waals surface area contributed by atoms with Gasteiger partial charge < -0.3 is 20.4 Å². The topological polar surface area (TPSA) is 76.0 Å². The van der Waals surface area contributed by atoms with Crippen LogP contribution in [0.1, 0.15) is 50.4 Å². The number of amides is 2. The highest BCUT2D eigenvalue weighted by Crippen LogP contribution is 2.40. The van der Waals surface area contributed by atoms with E-state index in [1.165, 1.54) is 0 Å². The molecular weight excluding hydrogens is 378 g/mol. The van der Waals surface area contributed by atoms with Crippen molar-refractivity contribution in [1.29, 1.82) is 0 Å². The molecule has 2 aromatic rings. The van der Waals surface area contributed by atoms with Gasteiger partial charge in [0.1, 0.15) is 0 Å². The minimum absolute atomic E-state index is 0.116. The van der Waals surface area contributed by atoms with E-state index in [0.717, 1.165) is 23.2 Å². The van der Waals surface area contributed by atoms with Gasteiger partial charge in [0.2, 0.25) is 0 Å². The van der Waals surface area contributed by atoms with Crippen LogP contribution in [0.5, 0.6) is 11.5 Å². The molecule has 3 rings (SSSR count). The molecule has 6 nitrogen and oxygen atoms in total. The second kappa shape index (κ2) is 9.39. The molecule has 1 atom stereocenters. The zero-order valence-corrected chi connectivity index (χ0v) is 18.3. The van der Waals surface area contributed by atoms with E-state index in [2.05, 4.69) is 37.9 Å². The maximum absolute atomic E-state index is 13.1. The average molecular weight is 412 g/mol. The first kappa shape index (κ1) is 22.0. The molecule has 1 unspecified atom stereocenters. The number of carbonyl (C=O) groups excluding carboxylic acids is 1. The largest absolute Gasteiger partial charge is 0.504 e. The minimum Gasteiger partial charge on any atom is -0.504 e. The van der Waals surface area contributed by atoms with E-state index in [1.54, 1.807) is 12.1 Å². The summed E-state index contributed by atoms with van der Waals surface area (Å²) in [6.45, 7) is 10.6. The summed E-state index contributed by atoms with van der Waals surface area (Å²) < 4.78 is 0. The van der Waals surface area contributed by atoms with Gasteiger partial charge >= 0.3 is 6.03 Å². The van der Waals surface area contributed by atoms with Crippen molar-refractivity contribution in [3.63, 3.8) is 0 Å². The number of carbonyl (C=O) groups is 1. The SMILES string of the molecule is CC(C)N(CCNC(=O)N1CCc2cc(O)c(O)cc2C1c1ccccc1)C(C)C. The number of hydrogen-bond acceptors (Lipinski definition) is 4. The fourth-order valence-corrected chi connectivity index (χ4v) is 4.36. The Bertz CT molecular complexity index is 859. The second-order valence-electron chi connectivity index (χ2n) is 8.45. The molecule has 2 amide bonds. The molecule has 6 heteroatoms. The molecule has 1 aliphatic rings. The third-order valence-electron chi connectivity index (χ3n) is 5.81. The third kappa shape index (κ3) is 4.70. The molecule has 0 radical (unpaired) electrons. The molecule has 0 saturated carbocycles. The van der Waals surface area contributed by atoms with E-state index in [9.17, 15) is 15.0 Å². The Hall–Kier alpha value is -2.73. The van der Waals surface area contributed by atoms with Gasteiger partial charge in [-0.3, -0.25) is 4.90 Å². The summed E-state index contributed by atoms with van der Waals surface area (Å²) in [5.41, 5.74) is 2.78. The Balaban J connectivity index is 1.82. The predicted octanol–water partition coefficient (Wildman–Crippen LogP) is 3.87. The number of nitrogens with one attached hydrogen (secondary N) is 1. The lowest BCUT2D eigenvalue weighted by atomic mass is 9.88. The van der Waals surface area contributed by atoms with E-state index in [4.69, 9.17) is 0 Å². The number of phenolic OH excluding ortho intramolecular Hbond substituents is 2. The number of hydrogen-bond donors (Lipinski definition) is 3. The predicted molar refractivity (Wildman–Crippen MR) is 119 cm³/mol. The van der Waals surface area contributed by atoms with Gasteiger partial charge in [-0.2, -0.15) is 0 Å². The molecule has 0 fully saturated rings. The molecule has 0 bridgehead atoms. The first-order chi connectivity index (χ1) is 14.3. The van der Waals surface area contributed by atoms with Crippen LogP contribution in [0.15, 0.2) is 42.5 Å². The maximum atomic E-state index is 13.1. The summed E-state index contributed by atoms with van der Waals surface area (Å²) in [4.78, 5) is 17.3. The van der Waals surface area contributed by atoms with Crippen molar-refractivity contribution in [2.45, 2.75) is 52.2 Å². The van der Waals surface area contributed by atoms with Crippen LogP contribution in [0.3, 0.4) is 0 Å². The van der Waals surface area contributed by atoms with Crippen LogP contribution in [0.2, 0.25) is 0 Å². The Morgan fingerprint density at radius 3 is 2.37 bits per heavy atom. The van der Waals surface area contributed by atoms with Crippen LogP contribution in [0.4, 0.5) is 4.79 Å². The molecule has 0 saturated heterocycles. The molecule has 1 heterocycles. The first-order valence-corrected chi connectivity index (χ1v) is 10.7. The molecule has 30 heavy (non-hydrogen) atoms. The van der Waals surface area contributed by atoms with Crippen molar-refractivity contribution in [3.8, 4) is 11.5 Å². The average Bonchev–Trinajstić information content (AvgIpc) is 2.71. The summed E-state index contributed by atoms with van der Waals surface area (Å²) in [7, 11) is 0. The van der Waals surface area contributed by atoms with Crippen LogP contribution < -0.4 is 5.32 Å². The van der Waals surface area contributed by atoms with Gasteiger partial charge in [0.25, 0.3) is 0 Å². The summed E-state index contributed by atoms with van der Waals surface area (Å²) in [6, 6.07) is 13.4. The lowest BCUT2D eigenvalue weighted by Crippen LogP contribution is -2.49. The Morgan fingerprint density at radius 1 is 1.10 bits per heavy atom. The highest BCUT2D eigenvalue weighted by molar-refractivity contribution is 5.76. The summed E-state index contributed by atoms with van der Waals surface area (Å²) >= 11 is 0. The smallest absolute Gasteiger partial charge is 0.318 e. The van der Waals surface area contributed by atoms with Gasteiger partial charge in [-0.05, 0) is 62.9 Å². The van der Waals surface area contributed by atoms with Gasteiger partial charge in [0.05, 0.1) is 6.04 Å². The molecule has 0 aliphatic carbocycles. The van der Waals surface area contributed by atoms with Crippen molar-refractivity contribution in [2.75, 3.05) is 19.6 Å². The Labute approximate surface area is 179 Å². The number of aromatic hydroxyl groups is 2.